The van der Waals surface area contributed by atoms with Crippen LogP contribution in [0.15, 0.2) is 0 Å². The summed E-state index contributed by atoms with van der Waals surface area (Å²) in [5.74, 6) is -0.798. The Labute approximate surface area is 85.5 Å². The molecular formula is C11H20O3. The topological polar surface area (TPSA) is 54.4 Å². The summed E-state index contributed by atoms with van der Waals surface area (Å²) in [6, 6.07) is 0. The molecule has 1 fully saturated rings. The summed E-state index contributed by atoms with van der Waals surface area (Å²) in [5.41, 5.74) is 0. The van der Waals surface area contributed by atoms with E-state index in [1.807, 2.05) is 20.8 Å². The Morgan fingerprint density at radius 1 is 1.21 bits per heavy atom. The van der Waals surface area contributed by atoms with Gasteiger partial charge in [-0.15, -0.1) is 0 Å². The van der Waals surface area contributed by atoms with Crippen molar-refractivity contribution in [1.29, 1.82) is 0 Å². The maximum absolute atomic E-state index is 11.0. The van der Waals surface area contributed by atoms with Crippen LogP contribution in [0.25, 0.3) is 0 Å². The van der Waals surface area contributed by atoms with E-state index in [4.69, 9.17) is 5.11 Å². The van der Waals surface area contributed by atoms with Gasteiger partial charge in [-0.05, 0) is 25.7 Å². The molecule has 0 heterocycles. The SMILES string of the molecule is CC.CC(=O)[C@@H]1CC(C)[C@H](C(=O)O)C1. The minimum Gasteiger partial charge on any atom is -0.481 e. The third-order valence-corrected chi connectivity index (χ3v) is 2.77. The largest absolute Gasteiger partial charge is 0.481 e. The normalized spacial score (nSPS) is 30.4. The molecule has 0 bridgehead atoms. The van der Waals surface area contributed by atoms with Crippen molar-refractivity contribution < 1.29 is 14.7 Å². The minimum atomic E-state index is -0.758. The fourth-order valence-corrected chi connectivity index (χ4v) is 1.92. The maximum atomic E-state index is 11.0. The predicted molar refractivity (Wildman–Crippen MR) is 55.0 cm³/mol. The van der Waals surface area contributed by atoms with E-state index in [1.54, 1.807) is 6.92 Å². The molecule has 3 atom stereocenters. The van der Waals surface area contributed by atoms with E-state index in [-0.39, 0.29) is 23.5 Å². The molecule has 0 aromatic rings. The second-order valence-electron chi connectivity index (χ2n) is 3.70. The molecule has 1 unspecified atom stereocenters. The molecule has 1 rings (SSSR count). The number of aliphatic carboxylic acids is 1. The fourth-order valence-electron chi connectivity index (χ4n) is 1.92. The molecule has 14 heavy (non-hydrogen) atoms. The van der Waals surface area contributed by atoms with Crippen LogP contribution in [0.3, 0.4) is 0 Å². The van der Waals surface area contributed by atoms with Crippen molar-refractivity contribution >= 4 is 11.8 Å². The zero-order valence-electron chi connectivity index (χ0n) is 9.41. The first kappa shape index (κ1) is 13.1. The molecule has 82 valence electrons. The number of hydrogen-bond donors (Lipinski definition) is 1. The summed E-state index contributed by atoms with van der Waals surface area (Å²) in [7, 11) is 0. The molecule has 0 amide bonds. The van der Waals surface area contributed by atoms with E-state index in [2.05, 4.69) is 0 Å². The second-order valence-corrected chi connectivity index (χ2v) is 3.70. The average Bonchev–Trinajstić information content (AvgIpc) is 2.51. The van der Waals surface area contributed by atoms with Crippen molar-refractivity contribution in [1.82, 2.24) is 0 Å². The third kappa shape index (κ3) is 3.13. The van der Waals surface area contributed by atoms with Crippen molar-refractivity contribution in [3.63, 3.8) is 0 Å². The van der Waals surface area contributed by atoms with Crippen LogP contribution in [0.1, 0.15) is 40.5 Å². The highest BCUT2D eigenvalue weighted by atomic mass is 16.4. The Morgan fingerprint density at radius 3 is 1.93 bits per heavy atom. The highest BCUT2D eigenvalue weighted by Crippen LogP contribution is 2.36. The number of Topliss-reactive ketones (excluding diaryl/α,β-unsaturated/α-hetero) is 1. The lowest BCUT2D eigenvalue weighted by Crippen LogP contribution is -2.16. The molecule has 3 nitrogen and oxygen atoms in total. The zero-order chi connectivity index (χ0) is 11.3. The van der Waals surface area contributed by atoms with Crippen LogP contribution < -0.4 is 0 Å². The molecule has 1 N–H and O–H groups in total. The van der Waals surface area contributed by atoms with Crippen molar-refractivity contribution in [3.8, 4) is 0 Å². The Bertz CT molecular complexity index is 211. The van der Waals surface area contributed by atoms with Crippen LogP contribution in [0.2, 0.25) is 0 Å². The van der Waals surface area contributed by atoms with Gasteiger partial charge in [0.2, 0.25) is 0 Å². The van der Waals surface area contributed by atoms with E-state index in [0.29, 0.717) is 6.42 Å². The van der Waals surface area contributed by atoms with Gasteiger partial charge in [-0.2, -0.15) is 0 Å². The number of rotatable bonds is 2. The van der Waals surface area contributed by atoms with Crippen LogP contribution in [-0.4, -0.2) is 16.9 Å². The second kappa shape index (κ2) is 5.78. The van der Waals surface area contributed by atoms with Gasteiger partial charge in [-0.25, -0.2) is 0 Å². The smallest absolute Gasteiger partial charge is 0.306 e. The highest BCUT2D eigenvalue weighted by molar-refractivity contribution is 5.80. The summed E-state index contributed by atoms with van der Waals surface area (Å²) >= 11 is 0. The van der Waals surface area contributed by atoms with Gasteiger partial charge in [-0.1, -0.05) is 20.8 Å². The van der Waals surface area contributed by atoms with Gasteiger partial charge in [0, 0.05) is 5.92 Å². The fraction of sp³-hybridized carbons (Fsp3) is 0.818. The molecule has 0 aromatic carbocycles. The van der Waals surface area contributed by atoms with Crippen molar-refractivity contribution in [2.75, 3.05) is 0 Å². The van der Waals surface area contributed by atoms with E-state index in [0.717, 1.165) is 6.42 Å². The Kier molecular flexibility index (Phi) is 5.43. The standard InChI is InChI=1S/C9H14O3.C2H6/c1-5-3-7(6(2)10)4-8(5)9(11)12;1-2/h5,7-8H,3-4H2,1-2H3,(H,11,12);1-2H3/t5?,7-,8-;/m1./s1. The number of carbonyl (C=O) groups excluding carboxylic acids is 1. The van der Waals surface area contributed by atoms with Crippen molar-refractivity contribution in [2.24, 2.45) is 17.8 Å². The van der Waals surface area contributed by atoms with Crippen molar-refractivity contribution in [2.45, 2.75) is 40.5 Å². The molecule has 1 aliphatic rings. The molecular weight excluding hydrogens is 180 g/mol. The van der Waals surface area contributed by atoms with E-state index < -0.39 is 5.97 Å². The molecule has 1 saturated carbocycles. The summed E-state index contributed by atoms with van der Waals surface area (Å²) in [4.78, 5) is 21.6. The first-order chi connectivity index (χ1) is 6.52. The van der Waals surface area contributed by atoms with Gasteiger partial charge in [-0.3, -0.25) is 9.59 Å². The molecule has 0 radical (unpaired) electrons. The monoisotopic (exact) mass is 200 g/mol. The van der Waals surface area contributed by atoms with Crippen LogP contribution in [0.4, 0.5) is 0 Å². The van der Waals surface area contributed by atoms with Crippen LogP contribution >= 0.6 is 0 Å². The van der Waals surface area contributed by atoms with E-state index >= 15 is 0 Å². The van der Waals surface area contributed by atoms with Crippen LogP contribution in [0.5, 0.6) is 0 Å². The zero-order valence-corrected chi connectivity index (χ0v) is 9.41. The Balaban J connectivity index is 0.000000791. The molecule has 0 saturated heterocycles. The lowest BCUT2D eigenvalue weighted by Gasteiger charge is -2.07. The van der Waals surface area contributed by atoms with Gasteiger partial charge in [0.25, 0.3) is 0 Å². The maximum Gasteiger partial charge on any atom is 0.306 e. The van der Waals surface area contributed by atoms with Gasteiger partial charge in [0.1, 0.15) is 5.78 Å². The summed E-state index contributed by atoms with van der Waals surface area (Å²) < 4.78 is 0. The molecule has 0 aliphatic heterocycles. The molecule has 3 heteroatoms. The summed E-state index contributed by atoms with van der Waals surface area (Å²) in [6.45, 7) is 7.45. The average molecular weight is 200 g/mol. The van der Waals surface area contributed by atoms with E-state index in [9.17, 15) is 9.59 Å². The number of ketones is 1. The van der Waals surface area contributed by atoms with Crippen molar-refractivity contribution in [3.05, 3.63) is 0 Å². The minimum absolute atomic E-state index is 0.0129. The van der Waals surface area contributed by atoms with Crippen LogP contribution in [0, 0.1) is 17.8 Å². The summed E-state index contributed by atoms with van der Waals surface area (Å²) in [5, 5.41) is 8.77. The quantitative estimate of drug-likeness (QED) is 0.744. The number of carboxylic acids is 1. The Morgan fingerprint density at radius 2 is 1.71 bits per heavy atom. The lowest BCUT2D eigenvalue weighted by molar-refractivity contribution is -0.142. The highest BCUT2D eigenvalue weighted by Gasteiger charge is 2.37. The molecule has 0 aromatic heterocycles. The Hall–Kier alpha value is -0.860. The number of carboxylic acid groups (broad SMARTS) is 1. The van der Waals surface area contributed by atoms with Gasteiger partial charge in [0.05, 0.1) is 5.92 Å². The van der Waals surface area contributed by atoms with E-state index in [1.165, 1.54) is 0 Å². The van der Waals surface area contributed by atoms with Gasteiger partial charge >= 0.3 is 5.97 Å². The predicted octanol–water partition coefficient (Wildman–Crippen LogP) is 2.35. The third-order valence-electron chi connectivity index (χ3n) is 2.77. The molecule has 0 spiro atoms. The first-order valence-corrected chi connectivity index (χ1v) is 5.25. The first-order valence-electron chi connectivity index (χ1n) is 5.25. The van der Waals surface area contributed by atoms with Gasteiger partial charge in [0.15, 0.2) is 0 Å². The lowest BCUT2D eigenvalue weighted by atomic mass is 9.99. The number of carbonyl (C=O) groups is 2. The molecule has 1 aliphatic carbocycles. The number of hydrogen-bond acceptors (Lipinski definition) is 2. The van der Waals surface area contributed by atoms with Crippen LogP contribution in [-0.2, 0) is 9.59 Å². The summed E-state index contributed by atoms with van der Waals surface area (Å²) in [6.07, 6.45) is 1.28. The van der Waals surface area contributed by atoms with Gasteiger partial charge < -0.3 is 5.11 Å².